The second kappa shape index (κ2) is 5.12. The highest BCUT2D eigenvalue weighted by Crippen LogP contribution is 2.39. The van der Waals surface area contributed by atoms with E-state index in [1.54, 1.807) is 0 Å². The second-order valence-corrected chi connectivity index (χ2v) is 5.76. The lowest BCUT2D eigenvalue weighted by Crippen LogP contribution is -2.33. The quantitative estimate of drug-likeness (QED) is 0.586. The number of alkyl halides is 1. The van der Waals surface area contributed by atoms with Gasteiger partial charge in [0, 0.05) is 24.2 Å². The van der Waals surface area contributed by atoms with E-state index in [1.165, 1.54) is 49.7 Å². The van der Waals surface area contributed by atoms with E-state index >= 15 is 0 Å². The second-order valence-electron chi connectivity index (χ2n) is 4.68. The van der Waals surface area contributed by atoms with Gasteiger partial charge in [-0.25, -0.2) is 0 Å². The van der Waals surface area contributed by atoms with Crippen LogP contribution in [0.3, 0.4) is 0 Å². The van der Waals surface area contributed by atoms with Crippen molar-refractivity contribution in [3.05, 3.63) is 0 Å². The molecule has 0 unspecified atom stereocenters. The molecular weight excluding hydrogens is 289 g/mol. The van der Waals surface area contributed by atoms with Crippen LogP contribution < -0.4 is 0 Å². The van der Waals surface area contributed by atoms with E-state index in [4.69, 9.17) is 4.74 Å². The fourth-order valence-corrected chi connectivity index (χ4v) is 3.06. The van der Waals surface area contributed by atoms with Gasteiger partial charge in [-0.1, -0.05) is 22.6 Å². The summed E-state index contributed by atoms with van der Waals surface area (Å²) in [6.07, 6.45) is 5.37. The predicted molar refractivity (Wildman–Crippen MR) is 67.0 cm³/mol. The highest BCUT2D eigenvalue weighted by atomic mass is 127. The SMILES string of the molecule is ICCCN1CCC2(CCOCC2)C1. The van der Waals surface area contributed by atoms with Gasteiger partial charge < -0.3 is 9.64 Å². The molecule has 2 aliphatic heterocycles. The minimum Gasteiger partial charge on any atom is -0.381 e. The molecule has 0 bridgehead atoms. The molecule has 2 saturated heterocycles. The standard InChI is InChI=1S/C11H20INO/c12-5-1-6-13-7-2-11(10-13)3-8-14-9-4-11/h1-10H2. The minimum absolute atomic E-state index is 0.642. The summed E-state index contributed by atoms with van der Waals surface area (Å²) >= 11 is 2.47. The molecule has 2 rings (SSSR count). The monoisotopic (exact) mass is 309 g/mol. The molecule has 2 heterocycles. The number of hydrogen-bond donors (Lipinski definition) is 0. The summed E-state index contributed by atoms with van der Waals surface area (Å²) in [5.74, 6) is 0. The van der Waals surface area contributed by atoms with E-state index in [0.717, 1.165) is 13.2 Å². The molecule has 2 aliphatic rings. The van der Waals surface area contributed by atoms with E-state index in [9.17, 15) is 0 Å². The van der Waals surface area contributed by atoms with Crippen molar-refractivity contribution in [2.75, 3.05) is 37.3 Å². The van der Waals surface area contributed by atoms with Gasteiger partial charge in [-0.05, 0) is 44.2 Å². The Labute approximate surface area is 101 Å². The molecule has 0 aliphatic carbocycles. The molecule has 2 fully saturated rings. The number of likely N-dealkylation sites (tertiary alicyclic amines) is 1. The first kappa shape index (κ1) is 11.1. The van der Waals surface area contributed by atoms with Crippen LogP contribution in [0.4, 0.5) is 0 Å². The average molecular weight is 309 g/mol. The molecule has 0 atom stereocenters. The van der Waals surface area contributed by atoms with Gasteiger partial charge in [0.15, 0.2) is 0 Å². The van der Waals surface area contributed by atoms with Crippen LogP contribution in [0.25, 0.3) is 0 Å². The third-order valence-electron chi connectivity index (χ3n) is 3.68. The maximum Gasteiger partial charge on any atom is 0.0471 e. The summed E-state index contributed by atoms with van der Waals surface area (Å²) in [5, 5.41) is 0. The molecule has 0 aromatic carbocycles. The molecule has 0 amide bonds. The Morgan fingerprint density at radius 3 is 2.71 bits per heavy atom. The highest BCUT2D eigenvalue weighted by Gasteiger charge is 2.38. The molecule has 14 heavy (non-hydrogen) atoms. The fourth-order valence-electron chi connectivity index (χ4n) is 2.71. The Kier molecular flexibility index (Phi) is 4.08. The van der Waals surface area contributed by atoms with Crippen LogP contribution in [-0.4, -0.2) is 42.2 Å². The Balaban J connectivity index is 1.80. The van der Waals surface area contributed by atoms with Crippen molar-refractivity contribution < 1.29 is 4.74 Å². The molecule has 0 radical (unpaired) electrons. The molecule has 0 aromatic rings. The van der Waals surface area contributed by atoms with Gasteiger partial charge >= 0.3 is 0 Å². The maximum atomic E-state index is 5.45. The van der Waals surface area contributed by atoms with Gasteiger partial charge in [-0.3, -0.25) is 0 Å². The van der Waals surface area contributed by atoms with E-state index in [2.05, 4.69) is 27.5 Å². The van der Waals surface area contributed by atoms with E-state index < -0.39 is 0 Å². The van der Waals surface area contributed by atoms with Gasteiger partial charge in [0.05, 0.1) is 0 Å². The fraction of sp³-hybridized carbons (Fsp3) is 1.00. The zero-order chi connectivity index (χ0) is 9.86. The number of halogens is 1. The van der Waals surface area contributed by atoms with Crippen molar-refractivity contribution in [2.45, 2.75) is 25.7 Å². The summed E-state index contributed by atoms with van der Waals surface area (Å²) in [4.78, 5) is 2.66. The summed E-state index contributed by atoms with van der Waals surface area (Å²) in [5.41, 5.74) is 0.642. The third kappa shape index (κ3) is 2.61. The van der Waals surface area contributed by atoms with Gasteiger partial charge in [-0.15, -0.1) is 0 Å². The molecule has 82 valence electrons. The predicted octanol–water partition coefficient (Wildman–Crippen LogP) is 2.31. The first-order valence-electron chi connectivity index (χ1n) is 5.71. The Morgan fingerprint density at radius 2 is 2.00 bits per heavy atom. The summed E-state index contributed by atoms with van der Waals surface area (Å²) in [6, 6.07) is 0. The number of rotatable bonds is 3. The smallest absolute Gasteiger partial charge is 0.0471 e. The molecule has 2 nitrogen and oxygen atoms in total. The van der Waals surface area contributed by atoms with Crippen molar-refractivity contribution in [1.29, 1.82) is 0 Å². The van der Waals surface area contributed by atoms with E-state index in [1.807, 2.05) is 0 Å². The van der Waals surface area contributed by atoms with Crippen molar-refractivity contribution in [3.8, 4) is 0 Å². The van der Waals surface area contributed by atoms with Crippen LogP contribution in [0.1, 0.15) is 25.7 Å². The van der Waals surface area contributed by atoms with Crippen LogP contribution in [0, 0.1) is 5.41 Å². The number of nitrogens with zero attached hydrogens (tertiary/aromatic N) is 1. The molecular formula is C11H20INO. The molecule has 0 N–H and O–H groups in total. The first-order chi connectivity index (χ1) is 6.85. The van der Waals surface area contributed by atoms with Crippen molar-refractivity contribution in [3.63, 3.8) is 0 Å². The van der Waals surface area contributed by atoms with E-state index in [0.29, 0.717) is 5.41 Å². The summed E-state index contributed by atoms with van der Waals surface area (Å²) in [7, 11) is 0. The largest absolute Gasteiger partial charge is 0.381 e. The molecule has 1 spiro atoms. The Morgan fingerprint density at radius 1 is 1.21 bits per heavy atom. The average Bonchev–Trinajstić information content (AvgIpc) is 2.60. The zero-order valence-corrected chi connectivity index (χ0v) is 11.0. The van der Waals surface area contributed by atoms with Gasteiger partial charge in [-0.2, -0.15) is 0 Å². The summed E-state index contributed by atoms with van der Waals surface area (Å²) < 4.78 is 6.75. The number of hydrogen-bond acceptors (Lipinski definition) is 2. The molecule has 0 aromatic heterocycles. The highest BCUT2D eigenvalue weighted by molar-refractivity contribution is 14.1. The molecule has 3 heteroatoms. The van der Waals surface area contributed by atoms with Gasteiger partial charge in [0.1, 0.15) is 0 Å². The topological polar surface area (TPSA) is 12.5 Å². The lowest BCUT2D eigenvalue weighted by molar-refractivity contribution is 0.0194. The normalized spacial score (nSPS) is 27.2. The van der Waals surface area contributed by atoms with Crippen molar-refractivity contribution in [1.82, 2.24) is 4.90 Å². The first-order valence-corrected chi connectivity index (χ1v) is 7.23. The van der Waals surface area contributed by atoms with Crippen LogP contribution in [0.15, 0.2) is 0 Å². The third-order valence-corrected chi connectivity index (χ3v) is 4.44. The molecule has 0 saturated carbocycles. The number of ether oxygens (including phenoxy) is 1. The zero-order valence-electron chi connectivity index (χ0n) is 8.80. The lowest BCUT2D eigenvalue weighted by Gasteiger charge is -2.33. The minimum atomic E-state index is 0.642. The Bertz CT molecular complexity index is 180. The van der Waals surface area contributed by atoms with Gasteiger partial charge in [0.25, 0.3) is 0 Å². The lowest BCUT2D eigenvalue weighted by atomic mass is 9.80. The van der Waals surface area contributed by atoms with Crippen LogP contribution in [-0.2, 0) is 4.74 Å². The van der Waals surface area contributed by atoms with Gasteiger partial charge in [0.2, 0.25) is 0 Å². The Hall–Kier alpha value is 0.650. The van der Waals surface area contributed by atoms with Crippen LogP contribution in [0.5, 0.6) is 0 Å². The maximum absolute atomic E-state index is 5.45. The van der Waals surface area contributed by atoms with Crippen LogP contribution in [0.2, 0.25) is 0 Å². The van der Waals surface area contributed by atoms with Crippen molar-refractivity contribution in [2.24, 2.45) is 5.41 Å². The summed E-state index contributed by atoms with van der Waals surface area (Å²) in [6.45, 7) is 5.98. The van der Waals surface area contributed by atoms with E-state index in [-0.39, 0.29) is 0 Å². The van der Waals surface area contributed by atoms with Crippen LogP contribution >= 0.6 is 22.6 Å². The van der Waals surface area contributed by atoms with Crippen molar-refractivity contribution >= 4 is 22.6 Å².